The summed E-state index contributed by atoms with van der Waals surface area (Å²) in [6, 6.07) is 12.0. The summed E-state index contributed by atoms with van der Waals surface area (Å²) < 4.78 is 16.0. The number of carbonyl (C=O) groups excluding carboxylic acids is 2. The third kappa shape index (κ3) is 2.57. The third-order valence-corrected chi connectivity index (χ3v) is 3.50. The van der Waals surface area contributed by atoms with Crippen molar-refractivity contribution in [1.82, 2.24) is 0 Å². The highest BCUT2D eigenvalue weighted by atomic mass is 16.5. The molecule has 0 atom stereocenters. The van der Waals surface area contributed by atoms with Gasteiger partial charge in [0, 0.05) is 6.08 Å². The zero-order valence-electron chi connectivity index (χ0n) is 12.7. The molecule has 23 heavy (non-hydrogen) atoms. The molecule has 2 aromatic carbocycles. The van der Waals surface area contributed by atoms with Crippen molar-refractivity contribution in [2.24, 2.45) is 0 Å². The average molecular weight is 310 g/mol. The lowest BCUT2D eigenvalue weighted by molar-refractivity contribution is 0.0941. The zero-order chi connectivity index (χ0) is 16.4. The van der Waals surface area contributed by atoms with E-state index in [2.05, 4.69) is 0 Å². The van der Waals surface area contributed by atoms with Gasteiger partial charge in [0.1, 0.15) is 17.2 Å². The third-order valence-electron chi connectivity index (χ3n) is 3.50. The van der Waals surface area contributed by atoms with E-state index in [0.717, 1.165) is 0 Å². The Labute approximate surface area is 133 Å². The second kappa shape index (κ2) is 5.96. The highest BCUT2D eigenvalue weighted by molar-refractivity contribution is 6.26. The Bertz CT molecular complexity index is 806. The number of Topliss-reactive ketones (excluding diaryl/α,β-unsaturated/α-hetero) is 1. The van der Waals surface area contributed by atoms with E-state index < -0.39 is 5.78 Å². The summed E-state index contributed by atoms with van der Waals surface area (Å²) in [5, 5.41) is 0. The van der Waals surface area contributed by atoms with Gasteiger partial charge in [-0.05, 0) is 24.3 Å². The molecular weight excluding hydrogens is 296 g/mol. The van der Waals surface area contributed by atoms with Gasteiger partial charge in [-0.3, -0.25) is 9.59 Å². The van der Waals surface area contributed by atoms with Gasteiger partial charge in [0.2, 0.25) is 5.78 Å². The maximum Gasteiger partial charge on any atom is 0.232 e. The van der Waals surface area contributed by atoms with Crippen LogP contribution in [-0.4, -0.2) is 25.8 Å². The Morgan fingerprint density at radius 2 is 1.39 bits per heavy atom. The van der Waals surface area contributed by atoms with E-state index in [4.69, 9.17) is 14.2 Å². The maximum absolute atomic E-state index is 12.7. The first-order chi connectivity index (χ1) is 11.2. The van der Waals surface area contributed by atoms with Gasteiger partial charge >= 0.3 is 0 Å². The lowest BCUT2D eigenvalue weighted by atomic mass is 9.91. The average Bonchev–Trinajstić information content (AvgIpc) is 2.59. The standard InChI is InChI=1S/C18H14O5/c1-21-13-8-9-14(22-2)17-16(13)12(19)10-15(18(17)20)23-11-6-4-3-5-7-11/h3-10H,1-2H3. The quantitative estimate of drug-likeness (QED) is 0.868. The Morgan fingerprint density at radius 1 is 0.783 bits per heavy atom. The van der Waals surface area contributed by atoms with Crippen molar-refractivity contribution in [2.75, 3.05) is 14.2 Å². The number of para-hydroxylation sites is 1. The molecule has 1 aliphatic rings. The number of methoxy groups -OCH3 is 2. The van der Waals surface area contributed by atoms with Crippen LogP contribution in [-0.2, 0) is 0 Å². The fraction of sp³-hybridized carbons (Fsp3) is 0.111. The van der Waals surface area contributed by atoms with Gasteiger partial charge in [0.15, 0.2) is 11.5 Å². The molecule has 3 rings (SSSR count). The van der Waals surface area contributed by atoms with Crippen molar-refractivity contribution in [1.29, 1.82) is 0 Å². The van der Waals surface area contributed by atoms with Gasteiger partial charge in [-0.25, -0.2) is 0 Å². The van der Waals surface area contributed by atoms with Crippen LogP contribution in [0.2, 0.25) is 0 Å². The molecule has 0 amide bonds. The van der Waals surface area contributed by atoms with Crippen LogP contribution < -0.4 is 14.2 Å². The fourth-order valence-electron chi connectivity index (χ4n) is 2.45. The highest BCUT2D eigenvalue weighted by Crippen LogP contribution is 2.36. The van der Waals surface area contributed by atoms with Crippen LogP contribution in [0.5, 0.6) is 17.2 Å². The molecule has 1 aliphatic carbocycles. The van der Waals surface area contributed by atoms with Crippen molar-refractivity contribution >= 4 is 11.6 Å². The number of fused-ring (bicyclic) bond motifs is 1. The van der Waals surface area contributed by atoms with Gasteiger partial charge in [-0.15, -0.1) is 0 Å². The SMILES string of the molecule is COc1ccc(OC)c2c1C(=O)C=C(Oc1ccccc1)C2=O. The number of ketones is 2. The predicted octanol–water partition coefficient (Wildman–Crippen LogP) is 3.05. The van der Waals surface area contributed by atoms with Gasteiger partial charge in [0.05, 0.1) is 25.3 Å². The minimum Gasteiger partial charge on any atom is -0.496 e. The van der Waals surface area contributed by atoms with Crippen molar-refractivity contribution in [3.63, 3.8) is 0 Å². The van der Waals surface area contributed by atoms with Gasteiger partial charge in [0.25, 0.3) is 0 Å². The van der Waals surface area contributed by atoms with E-state index in [9.17, 15) is 9.59 Å². The van der Waals surface area contributed by atoms with Crippen molar-refractivity contribution in [3.05, 3.63) is 65.4 Å². The summed E-state index contributed by atoms with van der Waals surface area (Å²) in [7, 11) is 2.88. The van der Waals surface area contributed by atoms with Crippen LogP contribution in [0, 0.1) is 0 Å². The fourth-order valence-corrected chi connectivity index (χ4v) is 2.45. The van der Waals surface area contributed by atoms with Crippen LogP contribution in [0.15, 0.2) is 54.3 Å². The molecule has 0 unspecified atom stereocenters. The van der Waals surface area contributed by atoms with Crippen LogP contribution in [0.3, 0.4) is 0 Å². The molecule has 0 saturated heterocycles. The van der Waals surface area contributed by atoms with Crippen molar-refractivity contribution in [2.45, 2.75) is 0 Å². The first-order valence-corrected chi connectivity index (χ1v) is 6.94. The van der Waals surface area contributed by atoms with Crippen LogP contribution in [0.1, 0.15) is 20.7 Å². The minimum atomic E-state index is -0.417. The number of carbonyl (C=O) groups is 2. The molecule has 0 bridgehead atoms. The number of rotatable bonds is 4. The predicted molar refractivity (Wildman–Crippen MR) is 83.4 cm³/mol. The van der Waals surface area contributed by atoms with Crippen LogP contribution in [0.4, 0.5) is 0 Å². The molecule has 5 heteroatoms. The zero-order valence-corrected chi connectivity index (χ0v) is 12.7. The second-order valence-corrected chi connectivity index (χ2v) is 4.84. The largest absolute Gasteiger partial charge is 0.496 e. The first-order valence-electron chi connectivity index (χ1n) is 6.94. The number of hydrogen-bond acceptors (Lipinski definition) is 5. The molecule has 0 aromatic heterocycles. The van der Waals surface area contributed by atoms with E-state index >= 15 is 0 Å². The Hall–Kier alpha value is -3.08. The Morgan fingerprint density at radius 3 is 2.00 bits per heavy atom. The number of hydrogen-bond donors (Lipinski definition) is 0. The molecule has 0 aliphatic heterocycles. The lowest BCUT2D eigenvalue weighted by Crippen LogP contribution is -2.22. The molecule has 5 nitrogen and oxygen atoms in total. The molecule has 0 spiro atoms. The summed E-state index contributed by atoms with van der Waals surface area (Å²) in [5.74, 6) is 0.293. The molecule has 0 N–H and O–H groups in total. The summed E-state index contributed by atoms with van der Waals surface area (Å²) in [5.41, 5.74) is 0.350. The van der Waals surface area contributed by atoms with Gasteiger partial charge < -0.3 is 14.2 Å². The lowest BCUT2D eigenvalue weighted by Gasteiger charge is -2.19. The molecule has 2 aromatic rings. The topological polar surface area (TPSA) is 61.8 Å². The normalized spacial score (nSPS) is 13.2. The smallest absolute Gasteiger partial charge is 0.232 e. The molecule has 0 radical (unpaired) electrons. The van der Waals surface area contributed by atoms with Crippen molar-refractivity contribution < 1.29 is 23.8 Å². The van der Waals surface area contributed by atoms with E-state index in [1.807, 2.05) is 6.07 Å². The van der Waals surface area contributed by atoms with Gasteiger partial charge in [-0.1, -0.05) is 18.2 Å². The molecule has 0 fully saturated rings. The van der Waals surface area contributed by atoms with E-state index in [1.165, 1.54) is 20.3 Å². The number of ether oxygens (including phenoxy) is 3. The van der Waals surface area contributed by atoms with Crippen molar-refractivity contribution in [3.8, 4) is 17.2 Å². The number of allylic oxidation sites excluding steroid dienone is 2. The highest BCUT2D eigenvalue weighted by Gasteiger charge is 2.33. The summed E-state index contributed by atoms with van der Waals surface area (Å²) in [4.78, 5) is 25.2. The van der Waals surface area contributed by atoms with E-state index in [1.54, 1.807) is 36.4 Å². The Balaban J connectivity index is 2.08. The molecule has 116 valence electrons. The monoisotopic (exact) mass is 310 g/mol. The first kappa shape index (κ1) is 14.8. The van der Waals surface area contributed by atoms with Crippen LogP contribution >= 0.6 is 0 Å². The molecule has 0 heterocycles. The number of benzene rings is 2. The van der Waals surface area contributed by atoms with Gasteiger partial charge in [-0.2, -0.15) is 0 Å². The van der Waals surface area contributed by atoms with E-state index in [0.29, 0.717) is 17.2 Å². The second-order valence-electron chi connectivity index (χ2n) is 4.84. The summed E-state index contributed by atoms with van der Waals surface area (Å²) in [6.07, 6.45) is 1.18. The molecular formula is C18H14O5. The summed E-state index contributed by atoms with van der Waals surface area (Å²) >= 11 is 0. The maximum atomic E-state index is 12.7. The van der Waals surface area contributed by atoms with Crippen LogP contribution in [0.25, 0.3) is 0 Å². The summed E-state index contributed by atoms with van der Waals surface area (Å²) in [6.45, 7) is 0. The minimum absolute atomic E-state index is 0.0414. The molecule has 0 saturated carbocycles. The van der Waals surface area contributed by atoms with E-state index in [-0.39, 0.29) is 22.7 Å². The Kier molecular flexibility index (Phi) is 3.85.